The molecule has 40 heavy (non-hydrogen) atoms. The fraction of sp³-hybridized carbons (Fsp3) is 0.276. The molecule has 0 aliphatic heterocycles. The van der Waals surface area contributed by atoms with Crippen LogP contribution in [0.3, 0.4) is 0 Å². The van der Waals surface area contributed by atoms with Crippen LogP contribution in [0.5, 0.6) is 0 Å². The number of rotatable bonds is 8. The van der Waals surface area contributed by atoms with Crippen LogP contribution in [0, 0.1) is 11.6 Å². The van der Waals surface area contributed by atoms with Crippen molar-refractivity contribution < 1.29 is 13.6 Å². The Morgan fingerprint density at radius 3 is 2.65 bits per heavy atom. The summed E-state index contributed by atoms with van der Waals surface area (Å²) in [7, 11) is 0. The number of fused-ring (bicyclic) bond motifs is 1. The van der Waals surface area contributed by atoms with Crippen molar-refractivity contribution >= 4 is 11.7 Å². The number of aromatic nitrogens is 6. The molecule has 1 aliphatic carbocycles. The van der Waals surface area contributed by atoms with Gasteiger partial charge in [0.2, 0.25) is 0 Å². The van der Waals surface area contributed by atoms with E-state index in [1.165, 1.54) is 17.7 Å². The maximum absolute atomic E-state index is 15.0. The van der Waals surface area contributed by atoms with Crippen LogP contribution in [0.15, 0.2) is 66.9 Å². The Hall–Kier alpha value is -4.67. The maximum atomic E-state index is 15.0. The average molecular weight is 543 g/mol. The predicted octanol–water partition coefficient (Wildman–Crippen LogP) is 4.91. The van der Waals surface area contributed by atoms with Gasteiger partial charge in [-0.25, -0.2) is 13.6 Å². The summed E-state index contributed by atoms with van der Waals surface area (Å²) in [6, 6.07) is 16.9. The second-order valence-corrected chi connectivity index (χ2v) is 10.2. The first-order valence-electron chi connectivity index (χ1n) is 13.2. The summed E-state index contributed by atoms with van der Waals surface area (Å²) < 4.78 is 32.1. The number of carbonyl (C=O) groups excluding carboxylic acids is 1. The second-order valence-electron chi connectivity index (χ2n) is 10.2. The van der Waals surface area contributed by atoms with Crippen molar-refractivity contribution in [1.29, 1.82) is 0 Å². The molecule has 3 aromatic heterocycles. The average Bonchev–Trinajstić information content (AvgIpc) is 3.36. The van der Waals surface area contributed by atoms with Gasteiger partial charge in [0.1, 0.15) is 11.6 Å². The van der Waals surface area contributed by atoms with Gasteiger partial charge >= 0.3 is 6.03 Å². The van der Waals surface area contributed by atoms with E-state index in [0.717, 1.165) is 12.5 Å². The standard InChI is InChI=1S/C29H28F2N8O/c1-17(2)28-36-35-26-11-10-24(37-39(26)28)22-16-33-38(27(22)20-9-8-19(30)14-23(20)31)13-12-32-29(40)34-25-15-21(25)18-6-4-3-5-7-18/h3-11,14,16-17,21,25H,12-13,15H2,1-2H3,(H2,32,34,40). The topological polar surface area (TPSA) is 102 Å². The Morgan fingerprint density at radius 2 is 1.88 bits per heavy atom. The number of carbonyl (C=O) groups is 1. The van der Waals surface area contributed by atoms with E-state index < -0.39 is 11.6 Å². The lowest BCUT2D eigenvalue weighted by molar-refractivity contribution is 0.239. The molecule has 6 rings (SSSR count). The first kappa shape index (κ1) is 25.6. The molecule has 1 aliphatic rings. The van der Waals surface area contributed by atoms with E-state index in [0.29, 0.717) is 34.3 Å². The van der Waals surface area contributed by atoms with Crippen molar-refractivity contribution in [3.63, 3.8) is 0 Å². The minimum absolute atomic E-state index is 0.0883. The van der Waals surface area contributed by atoms with Crippen LogP contribution >= 0.6 is 0 Å². The van der Waals surface area contributed by atoms with E-state index in [1.807, 2.05) is 32.0 Å². The zero-order valence-electron chi connectivity index (χ0n) is 22.1. The summed E-state index contributed by atoms with van der Waals surface area (Å²) in [5, 5.41) is 23.5. The molecule has 2 N–H and O–H groups in total. The van der Waals surface area contributed by atoms with E-state index in [4.69, 9.17) is 5.10 Å². The molecule has 2 unspecified atom stereocenters. The second kappa shape index (κ2) is 10.5. The van der Waals surface area contributed by atoms with Crippen molar-refractivity contribution in [3.8, 4) is 22.5 Å². The van der Waals surface area contributed by atoms with Gasteiger partial charge in [-0.3, -0.25) is 4.68 Å². The smallest absolute Gasteiger partial charge is 0.315 e. The normalized spacial score (nSPS) is 16.4. The van der Waals surface area contributed by atoms with E-state index >= 15 is 4.39 Å². The summed E-state index contributed by atoms with van der Waals surface area (Å²) in [5.41, 5.74) is 3.50. The maximum Gasteiger partial charge on any atom is 0.315 e. The minimum Gasteiger partial charge on any atom is -0.336 e. The Balaban J connectivity index is 1.23. The molecule has 2 atom stereocenters. The predicted molar refractivity (Wildman–Crippen MR) is 146 cm³/mol. The Morgan fingerprint density at radius 1 is 1.05 bits per heavy atom. The van der Waals surface area contributed by atoms with Crippen molar-refractivity contribution in [2.24, 2.45) is 0 Å². The van der Waals surface area contributed by atoms with Crippen molar-refractivity contribution in [1.82, 2.24) is 40.2 Å². The number of hydrogen-bond donors (Lipinski definition) is 2. The number of halogens is 2. The highest BCUT2D eigenvalue weighted by molar-refractivity contribution is 5.79. The van der Waals surface area contributed by atoms with Gasteiger partial charge < -0.3 is 10.6 Å². The summed E-state index contributed by atoms with van der Waals surface area (Å²) >= 11 is 0. The molecule has 1 fully saturated rings. The number of urea groups is 1. The Labute approximate surface area is 229 Å². The molecule has 1 saturated carbocycles. The minimum atomic E-state index is -0.720. The molecular weight excluding hydrogens is 514 g/mol. The molecule has 2 amide bonds. The third kappa shape index (κ3) is 5.02. The first-order valence-corrected chi connectivity index (χ1v) is 13.2. The number of hydrogen-bond acceptors (Lipinski definition) is 5. The molecule has 0 saturated heterocycles. The zero-order chi connectivity index (χ0) is 27.8. The monoisotopic (exact) mass is 542 g/mol. The van der Waals surface area contributed by atoms with Crippen LogP contribution in [0.1, 0.15) is 43.5 Å². The van der Waals surface area contributed by atoms with Gasteiger partial charge in [0.05, 0.1) is 24.1 Å². The summed E-state index contributed by atoms with van der Waals surface area (Å²) in [6.07, 6.45) is 2.50. The molecule has 0 radical (unpaired) electrons. The van der Waals surface area contributed by atoms with Crippen LogP contribution in [-0.2, 0) is 6.54 Å². The summed E-state index contributed by atoms with van der Waals surface area (Å²) in [6.45, 7) is 4.51. The van der Waals surface area contributed by atoms with Crippen molar-refractivity contribution in [2.75, 3.05) is 6.54 Å². The lowest BCUT2D eigenvalue weighted by atomic mass is 10.0. The molecule has 0 bridgehead atoms. The van der Waals surface area contributed by atoms with Crippen LogP contribution in [-0.4, -0.2) is 48.2 Å². The summed E-state index contributed by atoms with van der Waals surface area (Å²) in [5.74, 6) is -0.292. The van der Waals surface area contributed by atoms with Gasteiger partial charge in [-0.15, -0.1) is 10.2 Å². The third-order valence-corrected chi connectivity index (χ3v) is 7.05. The highest BCUT2D eigenvalue weighted by atomic mass is 19.1. The molecule has 3 heterocycles. The van der Waals surface area contributed by atoms with Crippen LogP contribution in [0.4, 0.5) is 13.6 Å². The van der Waals surface area contributed by atoms with Crippen molar-refractivity contribution in [3.05, 3.63) is 89.9 Å². The first-order chi connectivity index (χ1) is 19.4. The molecule has 5 aromatic rings. The number of nitrogens with one attached hydrogen (secondary N) is 2. The van der Waals surface area contributed by atoms with Crippen LogP contribution in [0.25, 0.3) is 28.2 Å². The third-order valence-electron chi connectivity index (χ3n) is 7.05. The Kier molecular flexibility index (Phi) is 6.71. The highest BCUT2D eigenvalue weighted by Crippen LogP contribution is 2.40. The largest absolute Gasteiger partial charge is 0.336 e. The fourth-order valence-electron chi connectivity index (χ4n) is 4.94. The van der Waals surface area contributed by atoms with Gasteiger partial charge in [0.15, 0.2) is 11.5 Å². The van der Waals surface area contributed by atoms with Gasteiger partial charge in [-0.1, -0.05) is 44.2 Å². The van der Waals surface area contributed by atoms with E-state index in [2.05, 4.69) is 38.1 Å². The molecule has 9 nitrogen and oxygen atoms in total. The fourth-order valence-corrected chi connectivity index (χ4v) is 4.94. The number of benzene rings is 2. The highest BCUT2D eigenvalue weighted by Gasteiger charge is 2.39. The van der Waals surface area contributed by atoms with Crippen LogP contribution < -0.4 is 10.6 Å². The zero-order valence-corrected chi connectivity index (χ0v) is 22.1. The van der Waals surface area contributed by atoms with E-state index in [-0.39, 0.29) is 36.6 Å². The van der Waals surface area contributed by atoms with Gasteiger partial charge in [0, 0.05) is 41.6 Å². The quantitative estimate of drug-likeness (QED) is 0.290. The van der Waals surface area contributed by atoms with Gasteiger partial charge in [-0.05, 0) is 36.2 Å². The lowest BCUT2D eigenvalue weighted by Gasteiger charge is -2.13. The SMILES string of the molecule is CC(C)c1nnc2ccc(-c3cnn(CCNC(=O)NC4CC4c4ccccc4)c3-c3ccc(F)cc3F)nn12. The van der Waals surface area contributed by atoms with E-state index in [9.17, 15) is 9.18 Å². The molecule has 11 heteroatoms. The van der Waals surface area contributed by atoms with Gasteiger partial charge in [0.25, 0.3) is 0 Å². The molecular formula is C29H28F2N8O. The van der Waals surface area contributed by atoms with Gasteiger partial charge in [-0.2, -0.15) is 14.7 Å². The number of nitrogens with zero attached hydrogens (tertiary/aromatic N) is 6. The molecule has 2 aromatic carbocycles. The van der Waals surface area contributed by atoms with Crippen molar-refractivity contribution in [2.45, 2.75) is 44.7 Å². The Bertz CT molecular complexity index is 1680. The lowest BCUT2D eigenvalue weighted by Crippen LogP contribution is -2.39. The molecule has 0 spiro atoms. The summed E-state index contributed by atoms with van der Waals surface area (Å²) in [4.78, 5) is 12.5. The van der Waals surface area contributed by atoms with E-state index in [1.54, 1.807) is 27.5 Å². The number of amides is 2. The molecule has 204 valence electrons. The van der Waals surface area contributed by atoms with Crippen LogP contribution in [0.2, 0.25) is 0 Å².